The lowest BCUT2D eigenvalue weighted by atomic mass is 10.2. The van der Waals surface area contributed by atoms with Crippen LogP contribution in [0.2, 0.25) is 0 Å². The molecule has 1 saturated carbocycles. The Morgan fingerprint density at radius 2 is 2.00 bits per heavy atom. The van der Waals surface area contributed by atoms with Gasteiger partial charge in [-0.15, -0.1) is 0 Å². The van der Waals surface area contributed by atoms with E-state index in [-0.39, 0.29) is 5.91 Å². The third kappa shape index (κ3) is 3.77. The highest BCUT2D eigenvalue weighted by Gasteiger charge is 2.20. The van der Waals surface area contributed by atoms with Crippen LogP contribution in [0.4, 0.5) is 5.69 Å². The molecule has 0 saturated heterocycles. The van der Waals surface area contributed by atoms with E-state index in [2.05, 4.69) is 17.6 Å². The van der Waals surface area contributed by atoms with Crippen LogP contribution in [0.5, 0.6) is 0 Å². The first-order chi connectivity index (χ1) is 8.29. The number of hydrogen-bond acceptors (Lipinski definition) is 2. The molecule has 1 amide bonds. The lowest BCUT2D eigenvalue weighted by Crippen LogP contribution is -2.24. The summed E-state index contributed by atoms with van der Waals surface area (Å²) in [6.07, 6.45) is 3.81. The van der Waals surface area contributed by atoms with Crippen LogP contribution in [-0.4, -0.2) is 19.0 Å². The molecule has 0 aliphatic heterocycles. The maximum Gasteiger partial charge on any atom is 0.251 e. The predicted molar refractivity (Wildman–Crippen MR) is 70.3 cm³/mol. The quantitative estimate of drug-likeness (QED) is 0.791. The number of rotatable bonds is 6. The fourth-order valence-electron chi connectivity index (χ4n) is 1.84. The number of amides is 1. The normalized spacial score (nSPS) is 14.4. The topological polar surface area (TPSA) is 41.1 Å². The van der Waals surface area contributed by atoms with Crippen molar-refractivity contribution in [2.24, 2.45) is 5.92 Å². The molecule has 3 nitrogen and oxygen atoms in total. The number of hydrogen-bond donors (Lipinski definition) is 2. The summed E-state index contributed by atoms with van der Waals surface area (Å²) in [5.74, 6) is 0.903. The van der Waals surface area contributed by atoms with E-state index < -0.39 is 0 Å². The van der Waals surface area contributed by atoms with Gasteiger partial charge in [0.1, 0.15) is 0 Å². The Morgan fingerprint density at radius 3 is 2.59 bits per heavy atom. The van der Waals surface area contributed by atoms with Crippen LogP contribution in [-0.2, 0) is 0 Å². The summed E-state index contributed by atoms with van der Waals surface area (Å²) >= 11 is 0. The molecule has 1 aliphatic rings. The summed E-state index contributed by atoms with van der Waals surface area (Å²) in [4.78, 5) is 11.8. The average molecular weight is 232 g/mol. The van der Waals surface area contributed by atoms with Crippen molar-refractivity contribution in [3.63, 3.8) is 0 Å². The van der Waals surface area contributed by atoms with Gasteiger partial charge in [-0.2, -0.15) is 0 Å². The van der Waals surface area contributed by atoms with Gasteiger partial charge >= 0.3 is 0 Å². The maximum absolute atomic E-state index is 11.8. The van der Waals surface area contributed by atoms with Crippen LogP contribution in [0.15, 0.2) is 24.3 Å². The van der Waals surface area contributed by atoms with Crippen LogP contribution >= 0.6 is 0 Å². The van der Waals surface area contributed by atoms with Crippen LogP contribution in [0, 0.1) is 5.92 Å². The fraction of sp³-hybridized carbons (Fsp3) is 0.500. The minimum Gasteiger partial charge on any atom is -0.385 e. The zero-order valence-corrected chi connectivity index (χ0v) is 10.3. The van der Waals surface area contributed by atoms with E-state index in [4.69, 9.17) is 0 Å². The van der Waals surface area contributed by atoms with Crippen molar-refractivity contribution in [2.45, 2.75) is 26.2 Å². The summed E-state index contributed by atoms with van der Waals surface area (Å²) in [5.41, 5.74) is 1.80. The Hall–Kier alpha value is -1.51. The van der Waals surface area contributed by atoms with Crippen molar-refractivity contribution in [2.75, 3.05) is 18.4 Å². The Bertz CT molecular complexity index is 368. The molecule has 0 atom stereocenters. The highest BCUT2D eigenvalue weighted by Crippen LogP contribution is 2.31. The van der Waals surface area contributed by atoms with Gasteiger partial charge in [-0.1, -0.05) is 12.8 Å². The molecule has 0 heterocycles. The molecule has 2 N–H and O–H groups in total. The van der Waals surface area contributed by atoms with Gasteiger partial charge in [0, 0.05) is 24.3 Å². The Labute approximate surface area is 103 Å². The molecule has 92 valence electrons. The van der Waals surface area contributed by atoms with Gasteiger partial charge in [0.15, 0.2) is 0 Å². The van der Waals surface area contributed by atoms with Crippen molar-refractivity contribution in [1.29, 1.82) is 0 Å². The summed E-state index contributed by atoms with van der Waals surface area (Å²) in [6.45, 7) is 3.75. The molecule has 2 rings (SSSR count). The third-order valence-electron chi connectivity index (χ3n) is 3.06. The van der Waals surface area contributed by atoms with Gasteiger partial charge in [-0.25, -0.2) is 0 Å². The van der Waals surface area contributed by atoms with Gasteiger partial charge in [-0.3, -0.25) is 4.79 Å². The highest BCUT2D eigenvalue weighted by molar-refractivity contribution is 5.94. The molecule has 3 heteroatoms. The van der Waals surface area contributed by atoms with Crippen LogP contribution in [0.1, 0.15) is 36.5 Å². The molecule has 1 aromatic rings. The highest BCUT2D eigenvalue weighted by atomic mass is 16.1. The molecule has 17 heavy (non-hydrogen) atoms. The van der Waals surface area contributed by atoms with E-state index in [0.717, 1.165) is 36.7 Å². The minimum absolute atomic E-state index is 0.0358. The van der Waals surface area contributed by atoms with Crippen molar-refractivity contribution in [3.05, 3.63) is 29.8 Å². The van der Waals surface area contributed by atoms with Crippen molar-refractivity contribution < 1.29 is 4.79 Å². The molecule has 1 fully saturated rings. The molecule has 0 unspecified atom stereocenters. The van der Waals surface area contributed by atoms with E-state index in [9.17, 15) is 4.79 Å². The Balaban J connectivity index is 1.80. The summed E-state index contributed by atoms with van der Waals surface area (Å²) < 4.78 is 0. The second-order valence-electron chi connectivity index (χ2n) is 4.60. The number of carbonyl (C=O) groups excluding carboxylic acids is 1. The van der Waals surface area contributed by atoms with E-state index in [1.54, 1.807) is 0 Å². The van der Waals surface area contributed by atoms with Crippen molar-refractivity contribution >= 4 is 11.6 Å². The van der Waals surface area contributed by atoms with Crippen LogP contribution < -0.4 is 10.6 Å². The van der Waals surface area contributed by atoms with Gasteiger partial charge in [0.05, 0.1) is 0 Å². The summed E-state index contributed by atoms with van der Waals surface area (Å²) in [5, 5.41) is 6.17. The molecular formula is C14H20N2O. The zero-order valence-electron chi connectivity index (χ0n) is 10.3. The first kappa shape index (κ1) is 12.0. The second kappa shape index (κ2) is 5.71. The maximum atomic E-state index is 11.8. The number of carbonyl (C=O) groups is 1. The van der Waals surface area contributed by atoms with Crippen LogP contribution in [0.25, 0.3) is 0 Å². The third-order valence-corrected chi connectivity index (χ3v) is 3.06. The van der Waals surface area contributed by atoms with Crippen molar-refractivity contribution in [1.82, 2.24) is 5.32 Å². The molecular weight excluding hydrogens is 212 g/mol. The fourth-order valence-corrected chi connectivity index (χ4v) is 1.84. The van der Waals surface area contributed by atoms with E-state index in [1.807, 2.05) is 24.3 Å². The molecule has 0 radical (unpaired) electrons. The molecule has 0 aromatic heterocycles. The lowest BCUT2D eigenvalue weighted by Gasteiger charge is -2.06. The molecule has 1 aromatic carbocycles. The summed E-state index contributed by atoms with van der Waals surface area (Å²) in [6, 6.07) is 7.62. The Kier molecular flexibility index (Phi) is 4.02. The monoisotopic (exact) mass is 232 g/mol. The SMILES string of the molecule is CCNc1ccc(C(=O)NCCC2CC2)cc1. The number of benzene rings is 1. The van der Waals surface area contributed by atoms with E-state index in [1.165, 1.54) is 12.8 Å². The predicted octanol–water partition coefficient (Wildman–Crippen LogP) is 2.65. The largest absolute Gasteiger partial charge is 0.385 e. The van der Waals surface area contributed by atoms with Gasteiger partial charge in [-0.05, 0) is 43.5 Å². The van der Waals surface area contributed by atoms with Gasteiger partial charge in [0.2, 0.25) is 0 Å². The molecule has 0 bridgehead atoms. The smallest absolute Gasteiger partial charge is 0.251 e. The van der Waals surface area contributed by atoms with E-state index in [0.29, 0.717) is 0 Å². The lowest BCUT2D eigenvalue weighted by molar-refractivity contribution is 0.0952. The first-order valence-electron chi connectivity index (χ1n) is 6.41. The minimum atomic E-state index is 0.0358. The van der Waals surface area contributed by atoms with Gasteiger partial charge in [0.25, 0.3) is 5.91 Å². The molecule has 1 aliphatic carbocycles. The average Bonchev–Trinajstić information content (AvgIpc) is 3.14. The summed E-state index contributed by atoms with van der Waals surface area (Å²) in [7, 11) is 0. The molecule has 0 spiro atoms. The van der Waals surface area contributed by atoms with Gasteiger partial charge < -0.3 is 10.6 Å². The number of nitrogens with one attached hydrogen (secondary N) is 2. The Morgan fingerprint density at radius 1 is 1.29 bits per heavy atom. The first-order valence-corrected chi connectivity index (χ1v) is 6.41. The second-order valence-corrected chi connectivity index (χ2v) is 4.60. The van der Waals surface area contributed by atoms with E-state index >= 15 is 0 Å². The van der Waals surface area contributed by atoms with Crippen LogP contribution in [0.3, 0.4) is 0 Å². The number of anilines is 1. The van der Waals surface area contributed by atoms with Crippen molar-refractivity contribution in [3.8, 4) is 0 Å². The standard InChI is InChI=1S/C14H20N2O/c1-2-15-13-7-5-12(6-8-13)14(17)16-10-9-11-3-4-11/h5-8,11,15H,2-4,9-10H2,1H3,(H,16,17). The zero-order chi connectivity index (χ0) is 12.1.